The number of rotatable bonds is 2. The lowest BCUT2D eigenvalue weighted by atomic mass is 9.95. The van der Waals surface area contributed by atoms with Gasteiger partial charge in [-0.3, -0.25) is 0 Å². The lowest BCUT2D eigenvalue weighted by Crippen LogP contribution is -2.15. The van der Waals surface area contributed by atoms with Crippen molar-refractivity contribution in [3.05, 3.63) is 41.9 Å². The van der Waals surface area contributed by atoms with Gasteiger partial charge in [0.15, 0.2) is 5.65 Å². The highest BCUT2D eigenvalue weighted by molar-refractivity contribution is 6.30. The highest BCUT2D eigenvalue weighted by atomic mass is 35.5. The van der Waals surface area contributed by atoms with Gasteiger partial charge in [-0.05, 0) is 43.2 Å². The molecule has 3 atom stereocenters. The minimum Gasteiger partial charge on any atom is -0.312 e. The molecule has 4 nitrogen and oxygen atoms in total. The minimum absolute atomic E-state index is 0.562. The third kappa shape index (κ3) is 2.08. The van der Waals surface area contributed by atoms with Gasteiger partial charge in [0.2, 0.25) is 0 Å². The highest BCUT2D eigenvalue weighted by Gasteiger charge is 2.41. The van der Waals surface area contributed by atoms with Crippen molar-refractivity contribution in [1.29, 1.82) is 0 Å². The second-order valence-electron chi connectivity index (χ2n) is 6.80. The van der Waals surface area contributed by atoms with Crippen molar-refractivity contribution in [3.63, 3.8) is 0 Å². The van der Waals surface area contributed by atoms with E-state index in [0.717, 1.165) is 39.3 Å². The predicted octanol–water partition coefficient (Wildman–Crippen LogP) is 4.51. The van der Waals surface area contributed by atoms with Crippen molar-refractivity contribution < 1.29 is 0 Å². The summed E-state index contributed by atoms with van der Waals surface area (Å²) in [6, 6.07) is 8.31. The van der Waals surface area contributed by atoms with Gasteiger partial charge in [0.25, 0.3) is 0 Å². The van der Waals surface area contributed by atoms with Crippen molar-refractivity contribution in [1.82, 2.24) is 19.5 Å². The van der Waals surface area contributed by atoms with Crippen molar-refractivity contribution in [2.24, 2.45) is 11.8 Å². The monoisotopic (exact) mass is 324 g/mol. The van der Waals surface area contributed by atoms with E-state index >= 15 is 0 Å². The molecule has 0 N–H and O–H groups in total. The highest BCUT2D eigenvalue weighted by Crippen LogP contribution is 2.51. The number of nitrogens with zero attached hydrogens (tertiary/aromatic N) is 4. The van der Waals surface area contributed by atoms with Gasteiger partial charge < -0.3 is 4.57 Å². The first-order chi connectivity index (χ1) is 11.3. The van der Waals surface area contributed by atoms with Gasteiger partial charge in [-0.25, -0.2) is 15.0 Å². The average molecular weight is 325 g/mol. The normalized spacial score (nSPS) is 26.2. The second-order valence-corrected chi connectivity index (χ2v) is 7.23. The molecule has 2 aliphatic carbocycles. The molecule has 2 aromatic heterocycles. The van der Waals surface area contributed by atoms with E-state index < -0.39 is 0 Å². The zero-order chi connectivity index (χ0) is 15.4. The van der Waals surface area contributed by atoms with Crippen LogP contribution in [0.25, 0.3) is 22.4 Å². The van der Waals surface area contributed by atoms with Crippen LogP contribution in [-0.4, -0.2) is 19.5 Å². The Labute approximate surface area is 139 Å². The minimum atomic E-state index is 0.562. The molecule has 3 aromatic rings. The lowest BCUT2D eigenvalue weighted by molar-refractivity contribution is 0.334. The molecule has 3 unspecified atom stereocenters. The lowest BCUT2D eigenvalue weighted by Gasteiger charge is -2.23. The summed E-state index contributed by atoms with van der Waals surface area (Å²) in [6.07, 6.45) is 9.01. The van der Waals surface area contributed by atoms with Gasteiger partial charge in [0, 0.05) is 16.6 Å². The SMILES string of the molecule is Clc1ccc(-c2ncnc3c2ncn3C2CC3CCC2C3)cc1. The molecule has 2 saturated carbocycles. The van der Waals surface area contributed by atoms with Crippen LogP contribution in [0.5, 0.6) is 0 Å². The van der Waals surface area contributed by atoms with Gasteiger partial charge in [-0.15, -0.1) is 0 Å². The summed E-state index contributed by atoms with van der Waals surface area (Å²) in [5.41, 5.74) is 3.76. The molecular formula is C18H17ClN4. The Hall–Kier alpha value is -1.94. The number of imidazole rings is 1. The van der Waals surface area contributed by atoms with Crippen molar-refractivity contribution in [2.75, 3.05) is 0 Å². The molecule has 0 amide bonds. The summed E-state index contributed by atoms with van der Waals surface area (Å²) in [7, 11) is 0. The smallest absolute Gasteiger partial charge is 0.164 e. The van der Waals surface area contributed by atoms with E-state index in [0.29, 0.717) is 6.04 Å². The summed E-state index contributed by atoms with van der Waals surface area (Å²) >= 11 is 5.99. The summed E-state index contributed by atoms with van der Waals surface area (Å²) in [4.78, 5) is 13.7. The topological polar surface area (TPSA) is 43.6 Å². The summed E-state index contributed by atoms with van der Waals surface area (Å²) < 4.78 is 2.29. The zero-order valence-electron chi connectivity index (χ0n) is 12.7. The van der Waals surface area contributed by atoms with Crippen LogP contribution in [0.3, 0.4) is 0 Å². The number of aromatic nitrogens is 4. The average Bonchev–Trinajstić information content (AvgIpc) is 3.30. The third-order valence-electron chi connectivity index (χ3n) is 5.53. The Morgan fingerprint density at radius 2 is 1.87 bits per heavy atom. The molecular weight excluding hydrogens is 308 g/mol. The van der Waals surface area contributed by atoms with Crippen molar-refractivity contribution in [2.45, 2.75) is 31.7 Å². The third-order valence-corrected chi connectivity index (χ3v) is 5.79. The fourth-order valence-electron chi connectivity index (χ4n) is 4.47. The quantitative estimate of drug-likeness (QED) is 0.696. The maximum Gasteiger partial charge on any atom is 0.164 e. The van der Waals surface area contributed by atoms with Crippen LogP contribution < -0.4 is 0 Å². The van der Waals surface area contributed by atoms with Crippen LogP contribution in [0.4, 0.5) is 0 Å². The Morgan fingerprint density at radius 3 is 2.61 bits per heavy atom. The van der Waals surface area contributed by atoms with E-state index in [1.54, 1.807) is 6.33 Å². The van der Waals surface area contributed by atoms with Gasteiger partial charge >= 0.3 is 0 Å². The van der Waals surface area contributed by atoms with E-state index in [-0.39, 0.29) is 0 Å². The van der Waals surface area contributed by atoms with Crippen LogP contribution in [-0.2, 0) is 0 Å². The molecule has 0 radical (unpaired) electrons. The van der Waals surface area contributed by atoms with Gasteiger partial charge in [0.1, 0.15) is 17.5 Å². The molecule has 2 fully saturated rings. The largest absolute Gasteiger partial charge is 0.312 e. The van der Waals surface area contributed by atoms with Crippen LogP contribution >= 0.6 is 11.6 Å². The molecule has 2 bridgehead atoms. The maximum atomic E-state index is 5.99. The first kappa shape index (κ1) is 13.5. The Kier molecular flexibility index (Phi) is 2.95. The number of hydrogen-bond donors (Lipinski definition) is 0. The Morgan fingerprint density at radius 1 is 1.00 bits per heavy atom. The van der Waals surface area contributed by atoms with E-state index in [1.807, 2.05) is 30.6 Å². The molecule has 116 valence electrons. The standard InChI is InChI=1S/C18H17ClN4/c19-14-5-3-12(4-6-14)16-17-18(21-9-20-16)23(10-22-17)15-8-11-1-2-13(15)7-11/h3-6,9-11,13,15H,1-2,7-8H2. The van der Waals surface area contributed by atoms with Crippen LogP contribution in [0.2, 0.25) is 5.02 Å². The maximum absolute atomic E-state index is 5.99. The van der Waals surface area contributed by atoms with Crippen molar-refractivity contribution in [3.8, 4) is 11.3 Å². The van der Waals surface area contributed by atoms with Gasteiger partial charge in [-0.2, -0.15) is 0 Å². The molecule has 2 heterocycles. The molecule has 2 aliphatic rings. The van der Waals surface area contributed by atoms with E-state index in [1.165, 1.54) is 25.7 Å². The number of fused-ring (bicyclic) bond motifs is 3. The van der Waals surface area contributed by atoms with E-state index in [9.17, 15) is 0 Å². The number of benzene rings is 1. The fourth-order valence-corrected chi connectivity index (χ4v) is 4.59. The zero-order valence-corrected chi connectivity index (χ0v) is 13.4. The molecule has 0 aliphatic heterocycles. The van der Waals surface area contributed by atoms with E-state index in [2.05, 4.69) is 19.5 Å². The first-order valence-electron chi connectivity index (χ1n) is 8.23. The van der Waals surface area contributed by atoms with Crippen molar-refractivity contribution >= 4 is 22.8 Å². The van der Waals surface area contributed by atoms with Crippen LogP contribution in [0, 0.1) is 11.8 Å². The van der Waals surface area contributed by atoms with Crippen LogP contribution in [0.1, 0.15) is 31.7 Å². The summed E-state index contributed by atoms with van der Waals surface area (Å²) in [6.45, 7) is 0. The Bertz CT molecular complexity index is 870. The Balaban J connectivity index is 1.62. The summed E-state index contributed by atoms with van der Waals surface area (Å²) in [5, 5.41) is 0.728. The predicted molar refractivity (Wildman–Crippen MR) is 90.3 cm³/mol. The molecule has 0 spiro atoms. The summed E-state index contributed by atoms with van der Waals surface area (Å²) in [5.74, 6) is 1.70. The van der Waals surface area contributed by atoms with Crippen LogP contribution in [0.15, 0.2) is 36.9 Å². The van der Waals surface area contributed by atoms with E-state index in [4.69, 9.17) is 11.6 Å². The molecule has 0 saturated heterocycles. The second kappa shape index (κ2) is 5.03. The molecule has 1 aromatic carbocycles. The molecule has 5 heteroatoms. The first-order valence-corrected chi connectivity index (χ1v) is 8.61. The molecule has 23 heavy (non-hydrogen) atoms. The van der Waals surface area contributed by atoms with Gasteiger partial charge in [0.05, 0.1) is 6.33 Å². The fraction of sp³-hybridized carbons (Fsp3) is 0.389. The number of halogens is 1. The van der Waals surface area contributed by atoms with Gasteiger partial charge in [-0.1, -0.05) is 30.2 Å². The number of hydrogen-bond acceptors (Lipinski definition) is 3. The molecule has 5 rings (SSSR count).